The summed E-state index contributed by atoms with van der Waals surface area (Å²) in [6.45, 7) is 2.89. The van der Waals surface area contributed by atoms with Crippen LogP contribution in [-0.2, 0) is 9.84 Å². The van der Waals surface area contributed by atoms with Gasteiger partial charge in [-0.25, -0.2) is 18.2 Å². The fourth-order valence-corrected chi connectivity index (χ4v) is 1.53. The highest BCUT2D eigenvalue weighted by Crippen LogP contribution is 2.13. The van der Waals surface area contributed by atoms with Gasteiger partial charge in [-0.3, -0.25) is 4.79 Å². The van der Waals surface area contributed by atoms with Gasteiger partial charge in [0.15, 0.2) is 9.84 Å². The van der Waals surface area contributed by atoms with Crippen LogP contribution >= 0.6 is 0 Å². The van der Waals surface area contributed by atoms with Crippen molar-refractivity contribution in [2.45, 2.75) is 18.6 Å². The molecular formula is C12H16N2O5S. The van der Waals surface area contributed by atoms with Crippen molar-refractivity contribution in [1.82, 2.24) is 10.3 Å². The molecule has 0 bridgehead atoms. The molecule has 7 nitrogen and oxygen atoms in total. The molecule has 0 saturated heterocycles. The summed E-state index contributed by atoms with van der Waals surface area (Å²) in [7, 11) is -3.33. The number of carbonyl (C=O) groups excluding carboxylic acids is 1. The summed E-state index contributed by atoms with van der Waals surface area (Å²) in [5, 5.41) is 11.2. The number of carboxylic acid groups (broad SMARTS) is 1. The van der Waals surface area contributed by atoms with Gasteiger partial charge in [-0.2, -0.15) is 0 Å². The van der Waals surface area contributed by atoms with Crippen molar-refractivity contribution in [3.8, 4) is 0 Å². The zero-order valence-electron chi connectivity index (χ0n) is 11.4. The van der Waals surface area contributed by atoms with Crippen molar-refractivity contribution < 1.29 is 23.1 Å². The Kier molecular flexibility index (Phi) is 4.49. The number of carbonyl (C=O) groups is 2. The number of pyridine rings is 1. The van der Waals surface area contributed by atoms with Crippen LogP contribution in [-0.4, -0.2) is 47.9 Å². The molecule has 0 spiro atoms. The van der Waals surface area contributed by atoms with Gasteiger partial charge in [0.05, 0.1) is 4.75 Å². The first-order valence-corrected chi connectivity index (χ1v) is 7.62. The van der Waals surface area contributed by atoms with Crippen LogP contribution in [0.15, 0.2) is 18.2 Å². The summed E-state index contributed by atoms with van der Waals surface area (Å²) in [5.41, 5.74) is -0.325. The number of carboxylic acids is 1. The van der Waals surface area contributed by atoms with Crippen molar-refractivity contribution in [2.24, 2.45) is 0 Å². The number of hydrogen-bond acceptors (Lipinski definition) is 5. The van der Waals surface area contributed by atoms with Crippen LogP contribution in [0.2, 0.25) is 0 Å². The van der Waals surface area contributed by atoms with Crippen LogP contribution in [0.3, 0.4) is 0 Å². The van der Waals surface area contributed by atoms with E-state index in [0.717, 1.165) is 6.26 Å². The predicted octanol–water partition coefficient (Wildman–Crippen LogP) is 0.333. The maximum Gasteiger partial charge on any atom is 0.354 e. The van der Waals surface area contributed by atoms with Gasteiger partial charge in [0, 0.05) is 12.8 Å². The van der Waals surface area contributed by atoms with E-state index in [-0.39, 0.29) is 17.9 Å². The normalized spacial score (nSPS) is 11.9. The van der Waals surface area contributed by atoms with Crippen molar-refractivity contribution >= 4 is 21.7 Å². The molecule has 0 saturated carbocycles. The summed E-state index contributed by atoms with van der Waals surface area (Å²) in [5.74, 6) is -1.86. The van der Waals surface area contributed by atoms with Gasteiger partial charge in [0.2, 0.25) is 0 Å². The summed E-state index contributed by atoms with van der Waals surface area (Å²) in [6, 6.07) is 4.02. The number of aromatic nitrogens is 1. The predicted molar refractivity (Wildman–Crippen MR) is 72.5 cm³/mol. The number of aromatic carboxylic acids is 1. The molecule has 0 aliphatic rings. The molecule has 0 fully saturated rings. The first-order chi connectivity index (χ1) is 9.04. The lowest BCUT2D eigenvalue weighted by Crippen LogP contribution is -2.44. The molecule has 0 unspecified atom stereocenters. The van der Waals surface area contributed by atoms with Crippen LogP contribution in [0.4, 0.5) is 0 Å². The Balaban J connectivity index is 2.83. The van der Waals surface area contributed by atoms with Crippen molar-refractivity contribution in [3.63, 3.8) is 0 Å². The van der Waals surface area contributed by atoms with Crippen molar-refractivity contribution in [1.29, 1.82) is 0 Å². The van der Waals surface area contributed by atoms with E-state index in [0.29, 0.717) is 0 Å². The Morgan fingerprint density at radius 2 is 1.85 bits per heavy atom. The highest BCUT2D eigenvalue weighted by Gasteiger charge is 2.30. The highest BCUT2D eigenvalue weighted by molar-refractivity contribution is 7.92. The first kappa shape index (κ1) is 16.1. The standard InChI is InChI=1S/C12H16N2O5S/c1-12(2,20(3,18)19)7-13-10(15)8-5-4-6-9(14-8)11(16)17/h4-6H,7H2,1-3H3,(H,13,15)(H,16,17). The van der Waals surface area contributed by atoms with Crippen LogP contribution in [0.1, 0.15) is 34.8 Å². The average Bonchev–Trinajstić information content (AvgIpc) is 2.34. The van der Waals surface area contributed by atoms with E-state index >= 15 is 0 Å². The number of nitrogens with one attached hydrogen (secondary N) is 1. The Labute approximate surface area is 116 Å². The van der Waals surface area contributed by atoms with E-state index in [9.17, 15) is 18.0 Å². The molecule has 0 radical (unpaired) electrons. The maximum atomic E-state index is 11.8. The fourth-order valence-electron chi connectivity index (χ4n) is 1.20. The molecule has 1 heterocycles. The fraction of sp³-hybridized carbons (Fsp3) is 0.417. The third kappa shape index (κ3) is 3.77. The zero-order chi connectivity index (χ0) is 15.6. The first-order valence-electron chi connectivity index (χ1n) is 5.73. The summed E-state index contributed by atoms with van der Waals surface area (Å²) in [4.78, 5) is 26.3. The minimum atomic E-state index is -3.33. The van der Waals surface area contributed by atoms with Gasteiger partial charge >= 0.3 is 5.97 Å². The van der Waals surface area contributed by atoms with Crippen LogP contribution < -0.4 is 5.32 Å². The number of sulfone groups is 1. The summed E-state index contributed by atoms with van der Waals surface area (Å²) < 4.78 is 21.9. The molecule has 2 N–H and O–H groups in total. The third-order valence-electron chi connectivity index (χ3n) is 2.88. The Morgan fingerprint density at radius 1 is 1.30 bits per heavy atom. The second kappa shape index (κ2) is 5.58. The van der Waals surface area contributed by atoms with Gasteiger partial charge in [-0.05, 0) is 26.0 Å². The number of hydrogen-bond donors (Lipinski definition) is 2. The van der Waals surface area contributed by atoms with Gasteiger partial charge in [-0.15, -0.1) is 0 Å². The largest absolute Gasteiger partial charge is 0.477 e. The lowest BCUT2D eigenvalue weighted by atomic mass is 10.2. The Hall–Kier alpha value is -1.96. The van der Waals surface area contributed by atoms with Gasteiger partial charge in [-0.1, -0.05) is 6.07 Å². The number of amides is 1. The van der Waals surface area contributed by atoms with E-state index in [1.165, 1.54) is 32.0 Å². The molecule has 0 atom stereocenters. The van der Waals surface area contributed by atoms with Crippen LogP contribution in [0.25, 0.3) is 0 Å². The molecular weight excluding hydrogens is 284 g/mol. The second-order valence-corrected chi connectivity index (χ2v) is 7.58. The molecule has 0 aliphatic carbocycles. The van der Waals surface area contributed by atoms with E-state index in [4.69, 9.17) is 5.11 Å². The van der Waals surface area contributed by atoms with Gasteiger partial charge < -0.3 is 10.4 Å². The molecule has 0 aromatic carbocycles. The lowest BCUT2D eigenvalue weighted by molar-refractivity contribution is 0.0690. The molecule has 1 rings (SSSR count). The summed E-state index contributed by atoms with van der Waals surface area (Å²) in [6.07, 6.45) is 1.09. The average molecular weight is 300 g/mol. The Morgan fingerprint density at radius 3 is 2.35 bits per heavy atom. The van der Waals surface area contributed by atoms with E-state index in [1.807, 2.05) is 0 Å². The SMILES string of the molecule is CC(C)(CNC(=O)c1cccc(C(=O)O)n1)S(C)(=O)=O. The smallest absolute Gasteiger partial charge is 0.354 e. The molecule has 20 heavy (non-hydrogen) atoms. The molecule has 1 aromatic heterocycles. The molecule has 110 valence electrons. The quantitative estimate of drug-likeness (QED) is 0.810. The second-order valence-electron chi connectivity index (χ2n) is 4.93. The van der Waals surface area contributed by atoms with Gasteiger partial charge in [0.1, 0.15) is 11.4 Å². The lowest BCUT2D eigenvalue weighted by Gasteiger charge is -2.22. The van der Waals surface area contributed by atoms with E-state index in [2.05, 4.69) is 10.3 Å². The minimum absolute atomic E-state index is 0.0748. The molecule has 1 amide bonds. The minimum Gasteiger partial charge on any atom is -0.477 e. The molecule has 0 aliphatic heterocycles. The van der Waals surface area contributed by atoms with E-state index < -0.39 is 26.5 Å². The molecule has 1 aromatic rings. The van der Waals surface area contributed by atoms with Crippen molar-refractivity contribution in [3.05, 3.63) is 29.6 Å². The maximum absolute atomic E-state index is 11.8. The monoisotopic (exact) mass is 300 g/mol. The Bertz CT molecular complexity index is 637. The van der Waals surface area contributed by atoms with Crippen molar-refractivity contribution in [2.75, 3.05) is 12.8 Å². The zero-order valence-corrected chi connectivity index (χ0v) is 12.2. The van der Waals surface area contributed by atoms with Gasteiger partial charge in [0.25, 0.3) is 5.91 Å². The number of rotatable bonds is 5. The third-order valence-corrected chi connectivity index (χ3v) is 5.03. The van der Waals surface area contributed by atoms with Crippen LogP contribution in [0, 0.1) is 0 Å². The summed E-state index contributed by atoms with van der Waals surface area (Å²) >= 11 is 0. The van der Waals surface area contributed by atoms with Crippen LogP contribution in [0.5, 0.6) is 0 Å². The van der Waals surface area contributed by atoms with E-state index in [1.54, 1.807) is 0 Å². The highest BCUT2D eigenvalue weighted by atomic mass is 32.2. The number of nitrogens with zero attached hydrogens (tertiary/aromatic N) is 1. The molecule has 8 heteroatoms. The topological polar surface area (TPSA) is 113 Å².